The monoisotopic (exact) mass is 326 g/mol. The molecule has 1 fully saturated rings. The summed E-state index contributed by atoms with van der Waals surface area (Å²) in [6.45, 7) is 1.29. The number of ether oxygens (including phenoxy) is 1. The van der Waals surface area contributed by atoms with Gasteiger partial charge in [0.1, 0.15) is 6.04 Å². The summed E-state index contributed by atoms with van der Waals surface area (Å²) >= 11 is 3.52. The third-order valence-electron chi connectivity index (χ3n) is 3.27. The first-order chi connectivity index (χ1) is 9.22. The molecule has 1 atom stereocenters. The van der Waals surface area contributed by atoms with Crippen LogP contribution in [0.25, 0.3) is 0 Å². The van der Waals surface area contributed by atoms with E-state index in [4.69, 9.17) is 4.74 Å². The zero-order valence-corrected chi connectivity index (χ0v) is 12.6. The van der Waals surface area contributed by atoms with Gasteiger partial charge in [-0.2, -0.15) is 0 Å². The number of rotatable bonds is 4. The van der Waals surface area contributed by atoms with Gasteiger partial charge >= 0.3 is 0 Å². The largest absolute Gasteiger partial charge is 0.380 e. The lowest BCUT2D eigenvalue weighted by molar-refractivity contribution is -0.121. The van der Waals surface area contributed by atoms with Gasteiger partial charge in [0.05, 0.1) is 6.61 Å². The van der Waals surface area contributed by atoms with Gasteiger partial charge in [-0.1, -0.05) is 22.0 Å². The zero-order valence-electron chi connectivity index (χ0n) is 11.0. The number of methoxy groups -OCH3 is 1. The van der Waals surface area contributed by atoms with Gasteiger partial charge in [-0.25, -0.2) is 0 Å². The summed E-state index contributed by atoms with van der Waals surface area (Å²) in [6.07, 6.45) is 2.97. The summed E-state index contributed by atoms with van der Waals surface area (Å²) in [5.41, 5.74) is 2.00. The van der Waals surface area contributed by atoms with Crippen LogP contribution < -0.4 is 10.6 Å². The summed E-state index contributed by atoms with van der Waals surface area (Å²) in [6, 6.07) is 5.76. The van der Waals surface area contributed by atoms with Crippen LogP contribution in [0.2, 0.25) is 0 Å². The number of carbonyl (C=O) groups is 1. The molecule has 104 valence electrons. The second kappa shape index (κ2) is 6.91. The third kappa shape index (κ3) is 3.70. The normalized spacial score (nSPS) is 19.7. The molecular formula is C14H19BrN2O2. The van der Waals surface area contributed by atoms with Crippen molar-refractivity contribution in [2.24, 2.45) is 0 Å². The Morgan fingerprint density at radius 1 is 1.47 bits per heavy atom. The first-order valence-corrected chi connectivity index (χ1v) is 7.32. The predicted octanol–water partition coefficient (Wildman–Crippen LogP) is 2.68. The Kier molecular flexibility index (Phi) is 5.22. The van der Waals surface area contributed by atoms with Crippen LogP contribution >= 0.6 is 15.9 Å². The summed E-state index contributed by atoms with van der Waals surface area (Å²) in [4.78, 5) is 12.0. The summed E-state index contributed by atoms with van der Waals surface area (Å²) in [5.74, 6) is 0.0841. The highest BCUT2D eigenvalue weighted by Gasteiger charge is 2.21. The van der Waals surface area contributed by atoms with Crippen molar-refractivity contribution in [3.63, 3.8) is 0 Å². The van der Waals surface area contributed by atoms with Crippen molar-refractivity contribution in [3.8, 4) is 0 Å². The van der Waals surface area contributed by atoms with Gasteiger partial charge in [0.15, 0.2) is 0 Å². The smallest absolute Gasteiger partial charge is 0.242 e. The van der Waals surface area contributed by atoms with Crippen LogP contribution in [0, 0.1) is 0 Å². The maximum atomic E-state index is 12.0. The van der Waals surface area contributed by atoms with E-state index in [1.54, 1.807) is 7.11 Å². The summed E-state index contributed by atoms with van der Waals surface area (Å²) in [7, 11) is 1.67. The van der Waals surface area contributed by atoms with Crippen LogP contribution in [0.5, 0.6) is 0 Å². The van der Waals surface area contributed by atoms with E-state index in [-0.39, 0.29) is 11.9 Å². The maximum absolute atomic E-state index is 12.0. The predicted molar refractivity (Wildman–Crippen MR) is 79.1 cm³/mol. The molecule has 0 radical (unpaired) electrons. The Bertz CT molecular complexity index is 451. The van der Waals surface area contributed by atoms with E-state index in [0.29, 0.717) is 6.61 Å². The lowest BCUT2D eigenvalue weighted by Gasteiger charge is -2.19. The fraction of sp³-hybridized carbons (Fsp3) is 0.500. The molecule has 0 saturated carbocycles. The Morgan fingerprint density at radius 2 is 2.32 bits per heavy atom. The summed E-state index contributed by atoms with van der Waals surface area (Å²) < 4.78 is 6.21. The fourth-order valence-corrected chi connectivity index (χ4v) is 2.73. The van der Waals surface area contributed by atoms with Crippen molar-refractivity contribution in [2.45, 2.75) is 31.9 Å². The molecule has 5 heteroatoms. The van der Waals surface area contributed by atoms with Gasteiger partial charge in [0, 0.05) is 29.4 Å². The van der Waals surface area contributed by atoms with Crippen molar-refractivity contribution in [1.82, 2.24) is 5.32 Å². The van der Waals surface area contributed by atoms with Gasteiger partial charge in [-0.3, -0.25) is 4.79 Å². The maximum Gasteiger partial charge on any atom is 0.242 e. The third-order valence-corrected chi connectivity index (χ3v) is 4.02. The molecule has 4 nitrogen and oxygen atoms in total. The second-order valence-corrected chi connectivity index (χ2v) is 5.54. The molecular weight excluding hydrogens is 308 g/mol. The Balaban J connectivity index is 2.17. The molecule has 1 aliphatic heterocycles. The molecule has 2 rings (SSSR count). The van der Waals surface area contributed by atoms with Crippen molar-refractivity contribution in [2.75, 3.05) is 19.0 Å². The van der Waals surface area contributed by atoms with Gasteiger partial charge in [0.2, 0.25) is 5.91 Å². The summed E-state index contributed by atoms with van der Waals surface area (Å²) in [5, 5.41) is 6.28. The van der Waals surface area contributed by atoms with Crippen molar-refractivity contribution in [3.05, 3.63) is 28.2 Å². The molecule has 19 heavy (non-hydrogen) atoms. The number of hydrogen-bond acceptors (Lipinski definition) is 3. The molecule has 0 spiro atoms. The molecule has 1 aromatic carbocycles. The Morgan fingerprint density at radius 3 is 3.11 bits per heavy atom. The van der Waals surface area contributed by atoms with Gasteiger partial charge in [0.25, 0.3) is 0 Å². The molecule has 0 bridgehead atoms. The lowest BCUT2D eigenvalue weighted by Crippen LogP contribution is -2.38. The Labute approximate surface area is 122 Å². The molecule has 0 aromatic heterocycles. The van der Waals surface area contributed by atoms with E-state index >= 15 is 0 Å². The molecule has 1 saturated heterocycles. The fourth-order valence-electron chi connectivity index (χ4n) is 2.25. The highest BCUT2D eigenvalue weighted by molar-refractivity contribution is 9.10. The standard InChI is InChI=1S/C14H19BrN2O2/c1-19-9-10-11(15)5-4-7-12(10)17-13-6-2-3-8-16-14(13)18/h4-5,7,13,17H,2-3,6,8-9H2,1H3,(H,16,18). The van der Waals surface area contributed by atoms with E-state index in [9.17, 15) is 4.79 Å². The lowest BCUT2D eigenvalue weighted by atomic mass is 10.1. The van der Waals surface area contributed by atoms with Gasteiger partial charge in [-0.05, 0) is 31.4 Å². The first-order valence-electron chi connectivity index (χ1n) is 6.53. The van der Waals surface area contributed by atoms with E-state index in [1.165, 1.54) is 0 Å². The van der Waals surface area contributed by atoms with Gasteiger partial charge in [-0.15, -0.1) is 0 Å². The molecule has 1 amide bonds. The average molecular weight is 327 g/mol. The van der Waals surface area contributed by atoms with Crippen LogP contribution in [0.4, 0.5) is 5.69 Å². The highest BCUT2D eigenvalue weighted by atomic mass is 79.9. The number of benzene rings is 1. The van der Waals surface area contributed by atoms with Crippen LogP contribution in [-0.4, -0.2) is 25.6 Å². The molecule has 1 unspecified atom stereocenters. The van der Waals surface area contributed by atoms with Crippen molar-refractivity contribution >= 4 is 27.5 Å². The minimum atomic E-state index is -0.160. The van der Waals surface area contributed by atoms with Crippen LogP contribution in [-0.2, 0) is 16.1 Å². The van der Waals surface area contributed by atoms with E-state index in [1.807, 2.05) is 18.2 Å². The van der Waals surface area contributed by atoms with E-state index < -0.39 is 0 Å². The Hall–Kier alpha value is -1.07. The number of amides is 1. The minimum absolute atomic E-state index is 0.0841. The molecule has 1 heterocycles. The average Bonchev–Trinajstić information content (AvgIpc) is 2.59. The molecule has 1 aliphatic rings. The zero-order chi connectivity index (χ0) is 13.7. The van der Waals surface area contributed by atoms with Crippen LogP contribution in [0.1, 0.15) is 24.8 Å². The minimum Gasteiger partial charge on any atom is -0.380 e. The van der Waals surface area contributed by atoms with E-state index in [2.05, 4.69) is 26.6 Å². The van der Waals surface area contributed by atoms with Crippen molar-refractivity contribution < 1.29 is 9.53 Å². The SMILES string of the molecule is COCc1c(Br)cccc1NC1CCCCNC1=O. The highest BCUT2D eigenvalue weighted by Crippen LogP contribution is 2.27. The number of hydrogen-bond donors (Lipinski definition) is 2. The van der Waals surface area contributed by atoms with Crippen LogP contribution in [0.15, 0.2) is 22.7 Å². The quantitative estimate of drug-likeness (QED) is 0.894. The molecule has 0 aliphatic carbocycles. The second-order valence-electron chi connectivity index (χ2n) is 4.68. The van der Waals surface area contributed by atoms with E-state index in [0.717, 1.165) is 41.5 Å². The topological polar surface area (TPSA) is 50.4 Å². The molecule has 1 aromatic rings. The first kappa shape index (κ1) is 14.3. The number of nitrogens with one attached hydrogen (secondary N) is 2. The van der Waals surface area contributed by atoms with Crippen molar-refractivity contribution in [1.29, 1.82) is 0 Å². The number of anilines is 1. The van der Waals surface area contributed by atoms with Gasteiger partial charge < -0.3 is 15.4 Å². The number of halogens is 1. The van der Waals surface area contributed by atoms with Crippen LogP contribution in [0.3, 0.4) is 0 Å². The number of carbonyl (C=O) groups excluding carboxylic acids is 1. The molecule has 2 N–H and O–H groups in total.